The molecule has 3 nitrogen and oxygen atoms in total. The molecule has 3 rings (SSSR count). The summed E-state index contributed by atoms with van der Waals surface area (Å²) < 4.78 is 18.9. The third kappa shape index (κ3) is 5.08. The van der Waals surface area contributed by atoms with Crippen LogP contribution in [0.4, 0.5) is 0 Å². The second-order valence-electron chi connectivity index (χ2n) is 5.78. The van der Waals surface area contributed by atoms with E-state index >= 15 is 0 Å². The molecule has 0 radical (unpaired) electrons. The molecule has 0 heterocycles. The van der Waals surface area contributed by atoms with Gasteiger partial charge in [-0.2, -0.15) is 0 Å². The van der Waals surface area contributed by atoms with E-state index in [1.165, 1.54) is 0 Å². The summed E-state index contributed by atoms with van der Waals surface area (Å²) in [5.74, 6) is 1.45. The van der Waals surface area contributed by atoms with Crippen molar-refractivity contribution in [3.8, 4) is 11.5 Å². The lowest BCUT2D eigenvalue weighted by Gasteiger charge is -2.29. The van der Waals surface area contributed by atoms with Crippen molar-refractivity contribution in [3.63, 3.8) is 0 Å². The third-order valence-electron chi connectivity index (χ3n) is 3.73. The van der Waals surface area contributed by atoms with Gasteiger partial charge < -0.3 is 13.3 Å². The van der Waals surface area contributed by atoms with Crippen LogP contribution in [-0.2, 0) is 11.0 Å². The predicted molar refractivity (Wildman–Crippen MR) is 106 cm³/mol. The molecule has 0 unspecified atom stereocenters. The number of allylic oxidation sites excluding steroid dienone is 1. The number of rotatable bonds is 9. The van der Waals surface area contributed by atoms with Gasteiger partial charge in [-0.15, -0.1) is 6.58 Å². The maximum Gasteiger partial charge on any atom is 0.636 e. The lowest BCUT2D eigenvalue weighted by Crippen LogP contribution is -2.51. The summed E-state index contributed by atoms with van der Waals surface area (Å²) in [5.41, 5.74) is 1.07. The zero-order valence-electron chi connectivity index (χ0n) is 14.6. The summed E-state index contributed by atoms with van der Waals surface area (Å²) >= 11 is 0. The molecular formula is C22H22O3Si. The van der Waals surface area contributed by atoms with Gasteiger partial charge >= 0.3 is 8.80 Å². The Kier molecular flexibility index (Phi) is 6.25. The highest BCUT2D eigenvalue weighted by atomic mass is 28.4. The molecule has 3 aromatic carbocycles. The van der Waals surface area contributed by atoms with Crippen molar-refractivity contribution in [2.24, 2.45) is 0 Å². The Labute approximate surface area is 155 Å². The standard InChI is InChI=1S/C22H22O3Si/c1-2-18-26(24-21-14-8-4-9-15-21,25-22-16-10-5-11-17-22)23-19-20-12-6-3-7-13-20/h2-17H,1,18-19H2. The Balaban J connectivity index is 1.86. The smallest absolute Gasteiger partial charge is 0.492 e. The molecule has 0 aliphatic rings. The first-order valence-corrected chi connectivity index (χ1v) is 10.5. The highest BCUT2D eigenvalue weighted by Gasteiger charge is 2.45. The van der Waals surface area contributed by atoms with Crippen molar-refractivity contribution >= 4 is 8.80 Å². The van der Waals surface area contributed by atoms with E-state index in [1.54, 1.807) is 6.08 Å². The van der Waals surface area contributed by atoms with Crippen LogP contribution in [0.15, 0.2) is 104 Å². The minimum absolute atomic E-state index is 0.417. The lowest BCUT2D eigenvalue weighted by molar-refractivity contribution is 0.159. The second-order valence-corrected chi connectivity index (χ2v) is 8.25. The van der Waals surface area contributed by atoms with E-state index in [9.17, 15) is 0 Å². The number of para-hydroxylation sites is 2. The molecule has 0 bridgehead atoms. The Bertz CT molecular complexity index is 750. The van der Waals surface area contributed by atoms with Crippen molar-refractivity contribution in [1.82, 2.24) is 0 Å². The minimum Gasteiger partial charge on any atom is -0.492 e. The molecule has 0 atom stereocenters. The molecule has 0 aliphatic carbocycles. The first-order chi connectivity index (χ1) is 12.8. The summed E-state index contributed by atoms with van der Waals surface area (Å²) in [4.78, 5) is 0. The van der Waals surface area contributed by atoms with Gasteiger partial charge in [0.25, 0.3) is 0 Å². The Morgan fingerprint density at radius 2 is 1.15 bits per heavy atom. The van der Waals surface area contributed by atoms with E-state index in [0.717, 1.165) is 17.1 Å². The molecule has 0 fully saturated rings. The number of benzene rings is 3. The third-order valence-corrected chi connectivity index (χ3v) is 6.20. The topological polar surface area (TPSA) is 27.7 Å². The summed E-state index contributed by atoms with van der Waals surface area (Å²) in [6.07, 6.45) is 1.79. The fourth-order valence-corrected chi connectivity index (χ4v) is 4.68. The maximum absolute atomic E-state index is 6.29. The van der Waals surface area contributed by atoms with Gasteiger partial charge in [0.2, 0.25) is 0 Å². The SMILES string of the molecule is C=CC[Si](OCc1ccccc1)(Oc1ccccc1)Oc1ccccc1. The summed E-state index contributed by atoms with van der Waals surface area (Å²) in [6, 6.07) is 29.8. The average Bonchev–Trinajstić information content (AvgIpc) is 2.69. The normalized spacial score (nSPS) is 10.9. The van der Waals surface area contributed by atoms with Crippen molar-refractivity contribution in [1.29, 1.82) is 0 Å². The maximum atomic E-state index is 6.29. The van der Waals surface area contributed by atoms with Gasteiger partial charge in [-0.1, -0.05) is 72.8 Å². The second kappa shape index (κ2) is 9.04. The molecular weight excluding hydrogens is 340 g/mol. The lowest BCUT2D eigenvalue weighted by atomic mass is 10.2. The van der Waals surface area contributed by atoms with E-state index in [-0.39, 0.29) is 0 Å². The van der Waals surface area contributed by atoms with E-state index in [2.05, 4.69) is 6.58 Å². The zero-order chi connectivity index (χ0) is 18.1. The Morgan fingerprint density at radius 3 is 1.62 bits per heavy atom. The van der Waals surface area contributed by atoms with Gasteiger partial charge in [-0.3, -0.25) is 0 Å². The quantitative estimate of drug-likeness (QED) is 0.372. The van der Waals surface area contributed by atoms with Crippen LogP contribution in [0.25, 0.3) is 0 Å². The van der Waals surface area contributed by atoms with Crippen molar-refractivity contribution in [2.75, 3.05) is 0 Å². The first kappa shape index (κ1) is 18.0. The molecule has 0 amide bonds. The van der Waals surface area contributed by atoms with Gasteiger partial charge in [0.1, 0.15) is 11.5 Å². The fraction of sp³-hybridized carbons (Fsp3) is 0.0909. The van der Waals surface area contributed by atoms with E-state index in [1.807, 2.05) is 91.0 Å². The molecule has 0 saturated carbocycles. The molecule has 0 aromatic heterocycles. The van der Waals surface area contributed by atoms with Crippen LogP contribution < -0.4 is 8.85 Å². The minimum atomic E-state index is -3.08. The van der Waals surface area contributed by atoms with Crippen LogP contribution in [0.2, 0.25) is 6.04 Å². The predicted octanol–water partition coefficient (Wildman–Crippen LogP) is 5.49. The summed E-state index contributed by atoms with van der Waals surface area (Å²) in [7, 11) is -3.08. The van der Waals surface area contributed by atoms with Crippen LogP contribution in [0, 0.1) is 0 Å². The van der Waals surface area contributed by atoms with Crippen molar-refractivity contribution in [2.45, 2.75) is 12.7 Å². The average molecular weight is 363 g/mol. The van der Waals surface area contributed by atoms with Gasteiger partial charge in [0, 0.05) is 0 Å². The molecule has 132 valence electrons. The highest BCUT2D eigenvalue weighted by Crippen LogP contribution is 2.25. The van der Waals surface area contributed by atoms with Crippen LogP contribution in [0.1, 0.15) is 5.56 Å². The molecule has 0 aliphatic heterocycles. The Morgan fingerprint density at radius 1 is 0.692 bits per heavy atom. The van der Waals surface area contributed by atoms with Gasteiger partial charge in [-0.05, 0) is 29.8 Å². The van der Waals surface area contributed by atoms with Crippen molar-refractivity contribution in [3.05, 3.63) is 109 Å². The molecule has 26 heavy (non-hydrogen) atoms. The van der Waals surface area contributed by atoms with Crippen LogP contribution in [0.3, 0.4) is 0 Å². The van der Waals surface area contributed by atoms with Crippen LogP contribution in [0.5, 0.6) is 11.5 Å². The van der Waals surface area contributed by atoms with E-state index in [4.69, 9.17) is 13.3 Å². The van der Waals surface area contributed by atoms with E-state index < -0.39 is 8.80 Å². The van der Waals surface area contributed by atoms with Gasteiger partial charge in [-0.25, -0.2) is 0 Å². The highest BCUT2D eigenvalue weighted by molar-refractivity contribution is 6.62. The van der Waals surface area contributed by atoms with Gasteiger partial charge in [0.15, 0.2) is 0 Å². The molecule has 0 spiro atoms. The van der Waals surface area contributed by atoms with E-state index in [0.29, 0.717) is 12.7 Å². The number of hydrogen-bond donors (Lipinski definition) is 0. The monoisotopic (exact) mass is 362 g/mol. The summed E-state index contributed by atoms with van der Waals surface area (Å²) in [6.45, 7) is 4.30. The molecule has 3 aromatic rings. The van der Waals surface area contributed by atoms with Crippen LogP contribution >= 0.6 is 0 Å². The molecule has 0 N–H and O–H groups in total. The summed E-state index contributed by atoms with van der Waals surface area (Å²) in [5, 5.41) is 0. The first-order valence-electron chi connectivity index (χ1n) is 8.56. The van der Waals surface area contributed by atoms with Crippen molar-refractivity contribution < 1.29 is 13.3 Å². The fourth-order valence-electron chi connectivity index (χ4n) is 2.50. The van der Waals surface area contributed by atoms with Gasteiger partial charge in [0.05, 0.1) is 12.7 Å². The zero-order valence-corrected chi connectivity index (χ0v) is 15.6. The van der Waals surface area contributed by atoms with Crippen LogP contribution in [-0.4, -0.2) is 8.80 Å². The Hall–Kier alpha value is -2.82. The molecule has 0 saturated heterocycles. The molecule has 4 heteroatoms. The number of hydrogen-bond acceptors (Lipinski definition) is 3. The largest absolute Gasteiger partial charge is 0.636 e.